The Hall–Kier alpha value is -1.14. The molecule has 3 nitrogen and oxygen atoms in total. The van der Waals surface area contributed by atoms with Crippen molar-refractivity contribution in [2.45, 2.75) is 18.7 Å². The van der Waals surface area contributed by atoms with E-state index in [0.29, 0.717) is 19.6 Å². The van der Waals surface area contributed by atoms with Gasteiger partial charge >= 0.3 is 6.18 Å². The van der Waals surface area contributed by atoms with Crippen molar-refractivity contribution in [3.63, 3.8) is 0 Å². The molecule has 0 aromatic heterocycles. The Morgan fingerprint density at radius 2 is 1.89 bits per heavy atom. The Bertz CT molecular complexity index is 448. The number of halogens is 4. The lowest BCUT2D eigenvalue weighted by Crippen LogP contribution is -2.20. The van der Waals surface area contributed by atoms with E-state index in [0.717, 1.165) is 12.1 Å². The molecule has 1 aliphatic heterocycles. The largest absolute Gasteiger partial charge is 0.489 e. The van der Waals surface area contributed by atoms with Crippen molar-refractivity contribution in [2.24, 2.45) is 0 Å². The van der Waals surface area contributed by atoms with Crippen LogP contribution in [0.5, 0.6) is 11.5 Å². The maximum Gasteiger partial charge on any atom is 0.418 e. The van der Waals surface area contributed by atoms with Crippen molar-refractivity contribution < 1.29 is 27.8 Å². The third-order valence-corrected chi connectivity index (χ3v) is 2.73. The molecule has 0 radical (unpaired) electrons. The molecule has 0 saturated heterocycles. The van der Waals surface area contributed by atoms with E-state index in [-0.39, 0.29) is 22.1 Å². The number of hydrogen-bond donors (Lipinski definition) is 1. The first-order valence-electron chi connectivity index (χ1n) is 5.23. The van der Waals surface area contributed by atoms with E-state index < -0.39 is 12.3 Å². The zero-order chi connectivity index (χ0) is 13.3. The van der Waals surface area contributed by atoms with E-state index in [9.17, 15) is 18.3 Å². The Morgan fingerprint density at radius 3 is 2.56 bits per heavy atom. The first-order valence-corrected chi connectivity index (χ1v) is 5.61. The number of ether oxygens (including phenoxy) is 2. The lowest BCUT2D eigenvalue weighted by atomic mass is 10.1. The fraction of sp³-hybridized carbons (Fsp3) is 0.455. The summed E-state index contributed by atoms with van der Waals surface area (Å²) in [5.41, 5.74) is -0.364. The fourth-order valence-corrected chi connectivity index (χ4v) is 1.87. The lowest BCUT2D eigenvalue weighted by Gasteiger charge is -2.17. The van der Waals surface area contributed by atoms with Crippen molar-refractivity contribution in [1.82, 2.24) is 0 Å². The fourth-order valence-electron chi connectivity index (χ4n) is 1.60. The average Bonchev–Trinajstić information content (AvgIpc) is 2.52. The quantitative estimate of drug-likeness (QED) is 0.860. The standard InChI is InChI=1S/C11H10ClF3O3/c12-7-4-6(10(16)11(13,14)15)5-8-9(7)18-3-1-2-17-8/h4-5,10,16H,1-3H2/t10-/m1/s1. The Labute approximate surface area is 106 Å². The van der Waals surface area contributed by atoms with Crippen LogP contribution < -0.4 is 9.47 Å². The second-order valence-electron chi connectivity index (χ2n) is 3.82. The second-order valence-corrected chi connectivity index (χ2v) is 4.23. The van der Waals surface area contributed by atoms with Gasteiger partial charge in [0.05, 0.1) is 18.2 Å². The summed E-state index contributed by atoms with van der Waals surface area (Å²) in [6.07, 6.45) is -6.72. The maximum atomic E-state index is 12.4. The molecular formula is C11H10ClF3O3. The summed E-state index contributed by atoms with van der Waals surface area (Å²) in [4.78, 5) is 0. The summed E-state index contributed by atoms with van der Waals surface area (Å²) >= 11 is 5.83. The van der Waals surface area contributed by atoms with Crippen LogP contribution >= 0.6 is 11.6 Å². The van der Waals surface area contributed by atoms with Crippen LogP contribution in [0.3, 0.4) is 0 Å². The molecule has 0 aliphatic carbocycles. The van der Waals surface area contributed by atoms with Crippen LogP contribution in [0.2, 0.25) is 5.02 Å². The van der Waals surface area contributed by atoms with E-state index in [1.165, 1.54) is 0 Å². The van der Waals surface area contributed by atoms with Gasteiger partial charge in [-0.05, 0) is 17.7 Å². The zero-order valence-electron chi connectivity index (χ0n) is 9.13. The number of rotatable bonds is 1. The van der Waals surface area contributed by atoms with Gasteiger partial charge in [0.25, 0.3) is 0 Å². The summed E-state index contributed by atoms with van der Waals surface area (Å²) in [7, 11) is 0. The van der Waals surface area contributed by atoms with Gasteiger partial charge in [0.1, 0.15) is 0 Å². The van der Waals surface area contributed by atoms with E-state index in [4.69, 9.17) is 21.1 Å². The molecule has 1 N–H and O–H groups in total. The van der Waals surface area contributed by atoms with Crippen molar-refractivity contribution in [1.29, 1.82) is 0 Å². The summed E-state index contributed by atoms with van der Waals surface area (Å²) in [5.74, 6) is 0.339. The van der Waals surface area contributed by atoms with E-state index in [1.807, 2.05) is 0 Å². The van der Waals surface area contributed by atoms with Crippen LogP contribution in [0, 0.1) is 0 Å². The zero-order valence-corrected chi connectivity index (χ0v) is 9.88. The highest BCUT2D eigenvalue weighted by Crippen LogP contribution is 2.42. The summed E-state index contributed by atoms with van der Waals surface area (Å²) in [6.45, 7) is 0.711. The highest BCUT2D eigenvalue weighted by atomic mass is 35.5. The number of hydrogen-bond acceptors (Lipinski definition) is 3. The smallest absolute Gasteiger partial charge is 0.418 e. The first kappa shape index (κ1) is 13.3. The normalized spacial score (nSPS) is 17.2. The third-order valence-electron chi connectivity index (χ3n) is 2.45. The Morgan fingerprint density at radius 1 is 1.22 bits per heavy atom. The van der Waals surface area contributed by atoms with Crippen LogP contribution in [0.15, 0.2) is 12.1 Å². The molecular weight excluding hydrogens is 273 g/mol. The van der Waals surface area contributed by atoms with Crippen molar-refractivity contribution in [2.75, 3.05) is 13.2 Å². The molecule has 7 heteroatoms. The minimum Gasteiger partial charge on any atom is -0.489 e. The monoisotopic (exact) mass is 282 g/mol. The number of benzene rings is 1. The average molecular weight is 283 g/mol. The number of alkyl halides is 3. The first-order chi connectivity index (χ1) is 8.39. The molecule has 0 spiro atoms. The molecule has 1 aromatic rings. The molecule has 1 atom stereocenters. The topological polar surface area (TPSA) is 38.7 Å². The Kier molecular flexibility index (Phi) is 3.59. The summed E-state index contributed by atoms with van der Waals surface area (Å²) < 4.78 is 47.8. The second kappa shape index (κ2) is 4.85. The number of fused-ring (bicyclic) bond motifs is 1. The summed E-state index contributed by atoms with van der Waals surface area (Å²) in [6, 6.07) is 2.14. The number of aliphatic hydroxyl groups excluding tert-OH is 1. The summed E-state index contributed by atoms with van der Waals surface area (Å²) in [5, 5.41) is 9.17. The predicted octanol–water partition coefficient (Wildman–Crippen LogP) is 3.10. The molecule has 1 aliphatic rings. The van der Waals surface area contributed by atoms with Gasteiger partial charge in [-0.25, -0.2) is 0 Å². The molecule has 0 saturated carbocycles. The minimum atomic E-state index is -4.75. The molecule has 0 fully saturated rings. The van der Waals surface area contributed by atoms with Crippen molar-refractivity contribution in [3.8, 4) is 11.5 Å². The molecule has 0 amide bonds. The molecule has 1 heterocycles. The SMILES string of the molecule is O[C@H](c1cc(Cl)c2c(c1)OCCCO2)C(F)(F)F. The van der Waals surface area contributed by atoms with Gasteiger partial charge in [0.15, 0.2) is 17.6 Å². The molecule has 0 bridgehead atoms. The van der Waals surface area contributed by atoms with Gasteiger partial charge in [-0.3, -0.25) is 0 Å². The third kappa shape index (κ3) is 2.64. The van der Waals surface area contributed by atoms with Crippen LogP contribution in [0.1, 0.15) is 18.1 Å². The molecule has 2 rings (SSSR count). The Balaban J connectivity index is 2.40. The highest BCUT2D eigenvalue weighted by Gasteiger charge is 2.40. The van der Waals surface area contributed by atoms with Gasteiger partial charge in [0, 0.05) is 6.42 Å². The van der Waals surface area contributed by atoms with E-state index >= 15 is 0 Å². The lowest BCUT2D eigenvalue weighted by molar-refractivity contribution is -0.206. The molecule has 1 aromatic carbocycles. The van der Waals surface area contributed by atoms with Crippen molar-refractivity contribution >= 4 is 11.6 Å². The van der Waals surface area contributed by atoms with Crippen LogP contribution in [-0.4, -0.2) is 24.5 Å². The minimum absolute atomic E-state index is 0.00676. The van der Waals surface area contributed by atoms with Gasteiger partial charge in [-0.15, -0.1) is 0 Å². The van der Waals surface area contributed by atoms with E-state index in [1.54, 1.807) is 0 Å². The van der Waals surface area contributed by atoms with E-state index in [2.05, 4.69) is 0 Å². The highest BCUT2D eigenvalue weighted by molar-refractivity contribution is 6.32. The van der Waals surface area contributed by atoms with Gasteiger partial charge in [-0.1, -0.05) is 11.6 Å². The van der Waals surface area contributed by atoms with Gasteiger partial charge in [-0.2, -0.15) is 13.2 Å². The van der Waals surface area contributed by atoms with Crippen LogP contribution in [-0.2, 0) is 0 Å². The molecule has 18 heavy (non-hydrogen) atoms. The van der Waals surface area contributed by atoms with Crippen molar-refractivity contribution in [3.05, 3.63) is 22.7 Å². The maximum absolute atomic E-state index is 12.4. The molecule has 0 unspecified atom stereocenters. The van der Waals surface area contributed by atoms with Gasteiger partial charge < -0.3 is 14.6 Å². The van der Waals surface area contributed by atoms with Crippen LogP contribution in [0.25, 0.3) is 0 Å². The van der Waals surface area contributed by atoms with Crippen LogP contribution in [0.4, 0.5) is 13.2 Å². The molecule has 100 valence electrons. The van der Waals surface area contributed by atoms with Gasteiger partial charge in [0.2, 0.25) is 0 Å². The predicted molar refractivity (Wildman–Crippen MR) is 58.1 cm³/mol. The number of aliphatic hydroxyl groups is 1.